The van der Waals surface area contributed by atoms with E-state index in [1.54, 1.807) is 12.3 Å². The van der Waals surface area contributed by atoms with Crippen LogP contribution in [-0.4, -0.2) is 17.4 Å². The second-order valence-electron chi connectivity index (χ2n) is 5.64. The summed E-state index contributed by atoms with van der Waals surface area (Å²) >= 11 is 3.31. The van der Waals surface area contributed by atoms with Crippen molar-refractivity contribution in [3.63, 3.8) is 0 Å². The SMILES string of the molecule is Nc1ncc(Br)cc1C(=O)NCC(C1CC1)C1CC1. The van der Waals surface area contributed by atoms with Gasteiger partial charge in [-0.05, 0) is 65.4 Å². The van der Waals surface area contributed by atoms with E-state index in [0.717, 1.165) is 22.9 Å². The number of amides is 1. The van der Waals surface area contributed by atoms with E-state index in [-0.39, 0.29) is 11.7 Å². The summed E-state index contributed by atoms with van der Waals surface area (Å²) < 4.78 is 0.771. The summed E-state index contributed by atoms with van der Waals surface area (Å²) in [7, 11) is 0. The Kier molecular flexibility index (Phi) is 3.48. The van der Waals surface area contributed by atoms with Gasteiger partial charge < -0.3 is 11.1 Å². The standard InChI is InChI=1S/C14H18BrN3O/c15-10-5-11(13(16)17-6-10)14(19)18-7-12(8-1-2-8)9-3-4-9/h5-6,8-9,12H,1-4,7H2,(H2,16,17)(H,18,19). The zero-order valence-electron chi connectivity index (χ0n) is 10.7. The van der Waals surface area contributed by atoms with Gasteiger partial charge in [-0.15, -0.1) is 0 Å². The van der Waals surface area contributed by atoms with Crippen molar-refractivity contribution in [1.29, 1.82) is 0 Å². The van der Waals surface area contributed by atoms with Crippen molar-refractivity contribution in [1.82, 2.24) is 10.3 Å². The van der Waals surface area contributed by atoms with Gasteiger partial charge in [0.25, 0.3) is 5.91 Å². The molecule has 4 nitrogen and oxygen atoms in total. The molecule has 2 aliphatic carbocycles. The van der Waals surface area contributed by atoms with Crippen molar-refractivity contribution >= 4 is 27.7 Å². The number of nitrogens with two attached hydrogens (primary N) is 1. The van der Waals surface area contributed by atoms with Crippen LogP contribution in [0.2, 0.25) is 0 Å². The maximum Gasteiger partial charge on any atom is 0.255 e. The molecule has 5 heteroatoms. The summed E-state index contributed by atoms with van der Waals surface area (Å²) in [6.07, 6.45) is 6.92. The zero-order chi connectivity index (χ0) is 13.4. The highest BCUT2D eigenvalue weighted by Gasteiger charge is 2.41. The van der Waals surface area contributed by atoms with E-state index < -0.39 is 0 Å². The molecule has 2 fully saturated rings. The number of hydrogen-bond acceptors (Lipinski definition) is 3. The number of aromatic nitrogens is 1. The molecule has 0 spiro atoms. The Morgan fingerprint density at radius 3 is 2.63 bits per heavy atom. The molecule has 1 aromatic heterocycles. The number of nitrogens with zero attached hydrogens (tertiary/aromatic N) is 1. The second kappa shape index (κ2) is 5.12. The van der Waals surface area contributed by atoms with Crippen molar-refractivity contribution in [2.24, 2.45) is 17.8 Å². The van der Waals surface area contributed by atoms with Crippen LogP contribution in [0.5, 0.6) is 0 Å². The molecule has 19 heavy (non-hydrogen) atoms. The lowest BCUT2D eigenvalue weighted by atomic mass is 9.98. The maximum atomic E-state index is 12.2. The molecule has 0 aromatic carbocycles. The third-order valence-electron chi connectivity index (χ3n) is 4.08. The number of carbonyl (C=O) groups excluding carboxylic acids is 1. The summed E-state index contributed by atoms with van der Waals surface area (Å²) in [5.41, 5.74) is 6.21. The predicted octanol–water partition coefficient (Wildman–Crippen LogP) is 2.59. The molecule has 0 saturated heterocycles. The first-order chi connectivity index (χ1) is 9.15. The fourth-order valence-corrected chi connectivity index (χ4v) is 3.04. The number of anilines is 1. The Balaban J connectivity index is 1.62. The minimum Gasteiger partial charge on any atom is -0.383 e. The van der Waals surface area contributed by atoms with Crippen LogP contribution in [0.15, 0.2) is 16.7 Å². The molecular weight excluding hydrogens is 306 g/mol. The van der Waals surface area contributed by atoms with Gasteiger partial charge in [-0.1, -0.05) is 0 Å². The molecule has 1 aromatic rings. The summed E-state index contributed by atoms with van der Waals surface area (Å²) in [5, 5.41) is 3.03. The van der Waals surface area contributed by atoms with Gasteiger partial charge in [0.1, 0.15) is 5.82 Å². The lowest BCUT2D eigenvalue weighted by molar-refractivity contribution is 0.0944. The smallest absolute Gasteiger partial charge is 0.255 e. The van der Waals surface area contributed by atoms with Crippen molar-refractivity contribution in [2.45, 2.75) is 25.7 Å². The van der Waals surface area contributed by atoms with Crippen LogP contribution < -0.4 is 11.1 Å². The van der Waals surface area contributed by atoms with Crippen molar-refractivity contribution in [3.05, 3.63) is 22.3 Å². The normalized spacial score (nSPS) is 18.6. The third-order valence-corrected chi connectivity index (χ3v) is 4.52. The van der Waals surface area contributed by atoms with E-state index in [9.17, 15) is 4.79 Å². The first-order valence-corrected chi connectivity index (χ1v) is 7.63. The van der Waals surface area contributed by atoms with Gasteiger partial charge in [-0.25, -0.2) is 4.98 Å². The monoisotopic (exact) mass is 323 g/mol. The van der Waals surface area contributed by atoms with Gasteiger partial charge in [0.15, 0.2) is 0 Å². The Labute approximate surface area is 121 Å². The Hall–Kier alpha value is -1.10. The largest absolute Gasteiger partial charge is 0.383 e. The van der Waals surface area contributed by atoms with Gasteiger partial charge in [-0.3, -0.25) is 4.79 Å². The van der Waals surface area contributed by atoms with Gasteiger partial charge in [0, 0.05) is 17.2 Å². The van der Waals surface area contributed by atoms with E-state index in [1.807, 2.05) is 0 Å². The number of hydrogen-bond donors (Lipinski definition) is 2. The highest BCUT2D eigenvalue weighted by atomic mass is 79.9. The predicted molar refractivity (Wildman–Crippen MR) is 77.6 cm³/mol. The lowest BCUT2D eigenvalue weighted by Crippen LogP contribution is -2.31. The average Bonchev–Trinajstić information content (AvgIpc) is 3.25. The molecule has 3 rings (SSSR count). The average molecular weight is 324 g/mol. The van der Waals surface area contributed by atoms with E-state index in [4.69, 9.17) is 5.73 Å². The Morgan fingerprint density at radius 2 is 2.05 bits per heavy atom. The molecule has 2 aliphatic rings. The fraction of sp³-hybridized carbons (Fsp3) is 0.571. The van der Waals surface area contributed by atoms with Crippen LogP contribution in [-0.2, 0) is 0 Å². The van der Waals surface area contributed by atoms with Crippen molar-refractivity contribution in [2.75, 3.05) is 12.3 Å². The number of nitrogen functional groups attached to an aromatic ring is 1. The van der Waals surface area contributed by atoms with E-state index >= 15 is 0 Å². The van der Waals surface area contributed by atoms with Crippen LogP contribution in [0.3, 0.4) is 0 Å². The molecule has 1 heterocycles. The minimum atomic E-state index is -0.113. The van der Waals surface area contributed by atoms with Crippen LogP contribution in [0, 0.1) is 17.8 Å². The van der Waals surface area contributed by atoms with Gasteiger partial charge in [0.05, 0.1) is 5.56 Å². The molecule has 0 unspecified atom stereocenters. The summed E-state index contributed by atoms with van der Waals surface area (Å²) in [4.78, 5) is 16.1. The molecule has 0 atom stereocenters. The lowest BCUT2D eigenvalue weighted by Gasteiger charge is -2.16. The van der Waals surface area contributed by atoms with Gasteiger partial charge in [-0.2, -0.15) is 0 Å². The highest BCUT2D eigenvalue weighted by molar-refractivity contribution is 9.10. The molecular formula is C14H18BrN3O. The van der Waals surface area contributed by atoms with E-state index in [0.29, 0.717) is 11.5 Å². The summed E-state index contributed by atoms with van der Waals surface area (Å²) in [6, 6.07) is 1.72. The number of rotatable bonds is 5. The minimum absolute atomic E-state index is 0.113. The molecule has 0 radical (unpaired) electrons. The molecule has 0 bridgehead atoms. The van der Waals surface area contributed by atoms with Gasteiger partial charge in [0.2, 0.25) is 0 Å². The Bertz CT molecular complexity index is 485. The summed E-state index contributed by atoms with van der Waals surface area (Å²) in [6.45, 7) is 0.778. The van der Waals surface area contributed by atoms with Crippen LogP contribution in [0.4, 0.5) is 5.82 Å². The maximum absolute atomic E-state index is 12.2. The first-order valence-electron chi connectivity index (χ1n) is 6.84. The molecule has 3 N–H and O–H groups in total. The fourth-order valence-electron chi connectivity index (χ4n) is 2.70. The zero-order valence-corrected chi connectivity index (χ0v) is 12.3. The number of pyridine rings is 1. The Morgan fingerprint density at radius 1 is 1.42 bits per heavy atom. The molecule has 1 amide bonds. The topological polar surface area (TPSA) is 68.0 Å². The van der Waals surface area contributed by atoms with E-state index in [2.05, 4.69) is 26.2 Å². The number of nitrogens with one attached hydrogen (secondary N) is 1. The van der Waals surface area contributed by atoms with Crippen LogP contribution >= 0.6 is 15.9 Å². The summed E-state index contributed by atoms with van der Waals surface area (Å²) in [5.74, 6) is 2.52. The van der Waals surface area contributed by atoms with Crippen molar-refractivity contribution < 1.29 is 4.79 Å². The second-order valence-corrected chi connectivity index (χ2v) is 6.55. The molecule has 2 saturated carbocycles. The first kappa shape index (κ1) is 12.9. The van der Waals surface area contributed by atoms with Crippen LogP contribution in [0.1, 0.15) is 36.0 Å². The highest BCUT2D eigenvalue weighted by Crippen LogP contribution is 2.48. The molecule has 0 aliphatic heterocycles. The number of halogens is 1. The quantitative estimate of drug-likeness (QED) is 0.875. The third kappa shape index (κ3) is 3.08. The van der Waals surface area contributed by atoms with Crippen LogP contribution in [0.25, 0.3) is 0 Å². The van der Waals surface area contributed by atoms with Gasteiger partial charge >= 0.3 is 0 Å². The number of carbonyl (C=O) groups is 1. The molecule has 102 valence electrons. The van der Waals surface area contributed by atoms with E-state index in [1.165, 1.54) is 25.7 Å². The van der Waals surface area contributed by atoms with Crippen molar-refractivity contribution in [3.8, 4) is 0 Å².